The standard InChI is InChI=1S/C30H39N3O2/c34-28(16-15-25-9-7-8-10-25)32-19-17-30(18-20-32,26-11-3-1-4-12-26)29(35)33-23-21-31(22-24-33)27-13-5-2-6-14-27/h1-6,11-14,25H,7-10,15-24H2. The smallest absolute Gasteiger partial charge is 0.233 e. The average Bonchev–Trinajstić information content (AvgIpc) is 3.46. The van der Waals surface area contributed by atoms with Crippen molar-refractivity contribution in [1.29, 1.82) is 0 Å². The van der Waals surface area contributed by atoms with Gasteiger partial charge in [-0.2, -0.15) is 0 Å². The number of nitrogens with zero attached hydrogens (tertiary/aromatic N) is 3. The first-order valence-electron chi connectivity index (χ1n) is 13.6. The number of benzene rings is 2. The minimum atomic E-state index is -0.529. The van der Waals surface area contributed by atoms with E-state index in [0.29, 0.717) is 32.4 Å². The van der Waals surface area contributed by atoms with Crippen LogP contribution in [0, 0.1) is 5.92 Å². The van der Waals surface area contributed by atoms with Crippen LogP contribution in [0.1, 0.15) is 56.9 Å². The summed E-state index contributed by atoms with van der Waals surface area (Å²) in [6.07, 6.45) is 8.34. The molecule has 2 amide bonds. The number of hydrogen-bond acceptors (Lipinski definition) is 3. The summed E-state index contributed by atoms with van der Waals surface area (Å²) in [7, 11) is 0. The first kappa shape index (κ1) is 23.9. The number of hydrogen-bond donors (Lipinski definition) is 0. The maximum absolute atomic E-state index is 14.1. The minimum Gasteiger partial charge on any atom is -0.368 e. The normalized spacial score (nSPS) is 20.7. The fraction of sp³-hybridized carbons (Fsp3) is 0.533. The molecule has 1 aliphatic carbocycles. The predicted octanol–water partition coefficient (Wildman–Crippen LogP) is 4.87. The van der Waals surface area contributed by atoms with Crippen LogP contribution in [0.25, 0.3) is 0 Å². The number of piperidine rings is 1. The summed E-state index contributed by atoms with van der Waals surface area (Å²) in [5, 5.41) is 0. The number of piperazine rings is 1. The zero-order chi connectivity index (χ0) is 24.1. The first-order valence-corrected chi connectivity index (χ1v) is 13.6. The van der Waals surface area contributed by atoms with Crippen molar-refractivity contribution in [2.24, 2.45) is 5.92 Å². The van der Waals surface area contributed by atoms with Crippen LogP contribution >= 0.6 is 0 Å². The van der Waals surface area contributed by atoms with E-state index in [1.165, 1.54) is 31.4 Å². The molecule has 3 fully saturated rings. The largest absolute Gasteiger partial charge is 0.368 e. The highest BCUT2D eigenvalue weighted by Gasteiger charge is 2.46. The summed E-state index contributed by atoms with van der Waals surface area (Å²) < 4.78 is 0. The third kappa shape index (κ3) is 5.24. The molecule has 0 radical (unpaired) electrons. The van der Waals surface area contributed by atoms with E-state index in [1.807, 2.05) is 29.2 Å². The molecule has 2 aromatic rings. The van der Waals surface area contributed by atoms with Crippen LogP contribution in [-0.4, -0.2) is 60.9 Å². The Bertz CT molecular complexity index is 971. The van der Waals surface area contributed by atoms with E-state index in [0.717, 1.165) is 44.1 Å². The molecule has 35 heavy (non-hydrogen) atoms. The van der Waals surface area contributed by atoms with Crippen molar-refractivity contribution < 1.29 is 9.59 Å². The summed E-state index contributed by atoms with van der Waals surface area (Å²) in [6, 6.07) is 20.8. The molecule has 1 saturated carbocycles. The Hall–Kier alpha value is -2.82. The quantitative estimate of drug-likeness (QED) is 0.602. The van der Waals surface area contributed by atoms with Crippen molar-refractivity contribution >= 4 is 17.5 Å². The Balaban J connectivity index is 1.24. The lowest BCUT2D eigenvalue weighted by atomic mass is 9.71. The van der Waals surface area contributed by atoms with Crippen LogP contribution < -0.4 is 4.90 Å². The third-order valence-electron chi connectivity index (χ3n) is 8.63. The average molecular weight is 474 g/mol. The van der Waals surface area contributed by atoms with Crippen LogP contribution in [0.4, 0.5) is 5.69 Å². The topological polar surface area (TPSA) is 43.9 Å². The number of anilines is 1. The van der Waals surface area contributed by atoms with Crippen molar-refractivity contribution in [3.05, 3.63) is 66.2 Å². The van der Waals surface area contributed by atoms with Crippen LogP contribution in [0.2, 0.25) is 0 Å². The number of para-hydroxylation sites is 1. The highest BCUT2D eigenvalue weighted by Crippen LogP contribution is 2.38. The summed E-state index contributed by atoms with van der Waals surface area (Å²) in [5.41, 5.74) is 1.80. The molecule has 5 rings (SSSR count). The van der Waals surface area contributed by atoms with Gasteiger partial charge in [-0.25, -0.2) is 0 Å². The molecule has 5 heteroatoms. The van der Waals surface area contributed by atoms with Gasteiger partial charge in [0.1, 0.15) is 0 Å². The molecule has 2 heterocycles. The van der Waals surface area contributed by atoms with E-state index < -0.39 is 5.41 Å². The second-order valence-electron chi connectivity index (χ2n) is 10.6. The van der Waals surface area contributed by atoms with Crippen molar-refractivity contribution in [3.63, 3.8) is 0 Å². The number of carbonyl (C=O) groups excluding carboxylic acids is 2. The molecule has 0 spiro atoms. The third-order valence-corrected chi connectivity index (χ3v) is 8.63. The lowest BCUT2D eigenvalue weighted by Gasteiger charge is -2.45. The molecule has 0 unspecified atom stereocenters. The second-order valence-corrected chi connectivity index (χ2v) is 10.6. The zero-order valence-corrected chi connectivity index (χ0v) is 20.9. The van der Waals surface area contributed by atoms with Crippen molar-refractivity contribution in [2.75, 3.05) is 44.2 Å². The molecule has 186 valence electrons. The molecular weight excluding hydrogens is 434 g/mol. The maximum atomic E-state index is 14.1. The van der Waals surface area contributed by atoms with Crippen LogP contribution in [0.15, 0.2) is 60.7 Å². The van der Waals surface area contributed by atoms with Crippen LogP contribution in [0.3, 0.4) is 0 Å². The van der Waals surface area contributed by atoms with Gasteiger partial charge in [-0.1, -0.05) is 74.2 Å². The SMILES string of the molecule is O=C(CCC1CCCC1)N1CCC(C(=O)N2CCN(c3ccccc3)CC2)(c2ccccc2)CC1. The van der Waals surface area contributed by atoms with Gasteiger partial charge < -0.3 is 14.7 Å². The van der Waals surface area contributed by atoms with Crippen molar-refractivity contribution in [1.82, 2.24) is 9.80 Å². The van der Waals surface area contributed by atoms with Crippen molar-refractivity contribution in [3.8, 4) is 0 Å². The van der Waals surface area contributed by atoms with Gasteiger partial charge in [0, 0.05) is 51.4 Å². The van der Waals surface area contributed by atoms with Crippen LogP contribution in [-0.2, 0) is 15.0 Å². The maximum Gasteiger partial charge on any atom is 0.233 e. The molecule has 2 aliphatic heterocycles. The van der Waals surface area contributed by atoms with E-state index in [9.17, 15) is 9.59 Å². The molecule has 3 aliphatic rings. The zero-order valence-electron chi connectivity index (χ0n) is 20.9. The van der Waals surface area contributed by atoms with Gasteiger partial charge in [-0.3, -0.25) is 9.59 Å². The fourth-order valence-electron chi connectivity index (χ4n) is 6.42. The van der Waals surface area contributed by atoms with Gasteiger partial charge in [0.15, 0.2) is 0 Å². The second kappa shape index (κ2) is 10.8. The van der Waals surface area contributed by atoms with Crippen molar-refractivity contribution in [2.45, 2.75) is 56.8 Å². The van der Waals surface area contributed by atoms with E-state index >= 15 is 0 Å². The predicted molar refractivity (Wildman–Crippen MR) is 140 cm³/mol. The van der Waals surface area contributed by atoms with Gasteiger partial charge in [-0.15, -0.1) is 0 Å². The fourth-order valence-corrected chi connectivity index (χ4v) is 6.42. The van der Waals surface area contributed by atoms with Gasteiger partial charge in [0.05, 0.1) is 5.41 Å². The number of carbonyl (C=O) groups is 2. The van der Waals surface area contributed by atoms with Gasteiger partial charge in [0.25, 0.3) is 0 Å². The van der Waals surface area contributed by atoms with Crippen LogP contribution in [0.5, 0.6) is 0 Å². The van der Waals surface area contributed by atoms with E-state index in [4.69, 9.17) is 0 Å². The minimum absolute atomic E-state index is 0.245. The van der Waals surface area contributed by atoms with E-state index in [-0.39, 0.29) is 11.8 Å². The highest BCUT2D eigenvalue weighted by atomic mass is 16.2. The van der Waals surface area contributed by atoms with Gasteiger partial charge in [0.2, 0.25) is 11.8 Å². The molecule has 5 nitrogen and oxygen atoms in total. The first-order chi connectivity index (χ1) is 17.2. The van der Waals surface area contributed by atoms with Gasteiger partial charge >= 0.3 is 0 Å². The van der Waals surface area contributed by atoms with E-state index in [1.54, 1.807) is 0 Å². The molecule has 0 N–H and O–H groups in total. The number of rotatable bonds is 6. The molecule has 0 bridgehead atoms. The van der Waals surface area contributed by atoms with Gasteiger partial charge in [-0.05, 0) is 42.9 Å². The molecule has 2 aromatic carbocycles. The molecular formula is C30H39N3O2. The lowest BCUT2D eigenvalue weighted by molar-refractivity contribution is -0.143. The summed E-state index contributed by atoms with van der Waals surface area (Å²) in [5.74, 6) is 1.26. The Labute approximate surface area is 210 Å². The monoisotopic (exact) mass is 473 g/mol. The molecule has 0 atom stereocenters. The highest BCUT2D eigenvalue weighted by molar-refractivity contribution is 5.89. The molecule has 0 aromatic heterocycles. The Kier molecular flexibility index (Phi) is 7.40. The Morgan fingerprint density at radius 2 is 1.34 bits per heavy atom. The Morgan fingerprint density at radius 1 is 0.743 bits per heavy atom. The summed E-state index contributed by atoms with van der Waals surface area (Å²) >= 11 is 0. The number of likely N-dealkylation sites (tertiary alicyclic amines) is 1. The summed E-state index contributed by atoms with van der Waals surface area (Å²) in [6.45, 7) is 4.54. The van der Waals surface area contributed by atoms with E-state index in [2.05, 4.69) is 46.2 Å². The summed E-state index contributed by atoms with van der Waals surface area (Å²) in [4.78, 5) is 33.5. The Morgan fingerprint density at radius 3 is 1.97 bits per heavy atom. The molecule has 2 saturated heterocycles. The lowest BCUT2D eigenvalue weighted by Crippen LogP contribution is -2.58. The number of amides is 2.